The van der Waals surface area contributed by atoms with Gasteiger partial charge in [-0.05, 0) is 31.9 Å². The molecule has 2 N–H and O–H groups in total. The molecule has 0 saturated carbocycles. The van der Waals surface area contributed by atoms with Crippen LogP contribution in [0.5, 0.6) is 0 Å². The van der Waals surface area contributed by atoms with E-state index in [9.17, 15) is 4.79 Å². The summed E-state index contributed by atoms with van der Waals surface area (Å²) in [4.78, 5) is 11.3. The molecule has 0 aliphatic heterocycles. The van der Waals surface area contributed by atoms with Gasteiger partial charge in [-0.25, -0.2) is 4.79 Å². The standard InChI is InChI=1S/C13H19NO3/c1-10(2)13(15)17-12(8-14)9-16-11-6-4-3-5-7-11/h4,6-7,12H,1,3,5,8-9,14H2,2H3. The van der Waals surface area contributed by atoms with Gasteiger partial charge < -0.3 is 15.2 Å². The van der Waals surface area contributed by atoms with Crippen molar-refractivity contribution in [1.29, 1.82) is 0 Å². The molecule has 0 aromatic heterocycles. The fourth-order valence-electron chi connectivity index (χ4n) is 1.29. The van der Waals surface area contributed by atoms with E-state index in [2.05, 4.69) is 6.58 Å². The number of hydrogen-bond donors (Lipinski definition) is 1. The lowest BCUT2D eigenvalue weighted by atomic mass is 10.2. The topological polar surface area (TPSA) is 61.5 Å². The van der Waals surface area contributed by atoms with Crippen LogP contribution in [0.3, 0.4) is 0 Å². The molecular weight excluding hydrogens is 218 g/mol. The van der Waals surface area contributed by atoms with Gasteiger partial charge >= 0.3 is 5.97 Å². The summed E-state index contributed by atoms with van der Waals surface area (Å²) in [7, 11) is 0. The van der Waals surface area contributed by atoms with Crippen molar-refractivity contribution in [2.75, 3.05) is 13.2 Å². The van der Waals surface area contributed by atoms with E-state index in [1.807, 2.05) is 18.2 Å². The fraction of sp³-hybridized carbons (Fsp3) is 0.462. The van der Waals surface area contributed by atoms with E-state index in [1.54, 1.807) is 6.92 Å². The summed E-state index contributed by atoms with van der Waals surface area (Å²) in [6.07, 6.45) is 7.55. The van der Waals surface area contributed by atoms with Crippen molar-refractivity contribution in [2.45, 2.75) is 25.9 Å². The van der Waals surface area contributed by atoms with Crippen molar-refractivity contribution in [3.63, 3.8) is 0 Å². The predicted molar refractivity (Wildman–Crippen MR) is 66.2 cm³/mol. The highest BCUT2D eigenvalue weighted by atomic mass is 16.6. The van der Waals surface area contributed by atoms with E-state index in [1.165, 1.54) is 0 Å². The molecule has 4 heteroatoms. The highest BCUT2D eigenvalue weighted by molar-refractivity contribution is 5.87. The van der Waals surface area contributed by atoms with Crippen molar-refractivity contribution < 1.29 is 14.3 Å². The van der Waals surface area contributed by atoms with E-state index < -0.39 is 12.1 Å². The molecule has 0 aromatic carbocycles. The number of esters is 1. The molecule has 0 radical (unpaired) electrons. The third kappa shape index (κ3) is 4.87. The van der Waals surface area contributed by atoms with Gasteiger partial charge in [-0.3, -0.25) is 0 Å². The first-order valence-corrected chi connectivity index (χ1v) is 5.69. The maximum atomic E-state index is 11.3. The summed E-state index contributed by atoms with van der Waals surface area (Å²) in [5.74, 6) is 0.373. The van der Waals surface area contributed by atoms with Crippen LogP contribution in [0.15, 0.2) is 36.1 Å². The van der Waals surface area contributed by atoms with Crippen molar-refractivity contribution >= 4 is 5.97 Å². The second-order valence-electron chi connectivity index (χ2n) is 3.94. The van der Waals surface area contributed by atoms with Crippen LogP contribution in [-0.2, 0) is 14.3 Å². The quantitative estimate of drug-likeness (QED) is 0.564. The Bertz CT molecular complexity index is 345. The van der Waals surface area contributed by atoms with Crippen LogP contribution in [-0.4, -0.2) is 25.2 Å². The smallest absolute Gasteiger partial charge is 0.333 e. The minimum atomic E-state index is -0.435. The van der Waals surface area contributed by atoms with E-state index in [4.69, 9.17) is 15.2 Å². The van der Waals surface area contributed by atoms with Crippen molar-refractivity contribution in [2.24, 2.45) is 5.73 Å². The van der Waals surface area contributed by atoms with Crippen LogP contribution in [0.1, 0.15) is 19.8 Å². The highest BCUT2D eigenvalue weighted by Crippen LogP contribution is 2.11. The molecule has 1 unspecified atom stereocenters. The zero-order valence-corrected chi connectivity index (χ0v) is 10.1. The lowest BCUT2D eigenvalue weighted by molar-refractivity contribution is -0.145. The average Bonchev–Trinajstić information content (AvgIpc) is 2.35. The summed E-state index contributed by atoms with van der Waals surface area (Å²) in [6, 6.07) is 0. The summed E-state index contributed by atoms with van der Waals surface area (Å²) in [5.41, 5.74) is 5.87. The first-order chi connectivity index (χ1) is 8.13. The molecule has 94 valence electrons. The molecule has 0 amide bonds. The van der Waals surface area contributed by atoms with Crippen LogP contribution >= 0.6 is 0 Å². The molecular formula is C13H19NO3. The minimum absolute atomic E-state index is 0.232. The lowest BCUT2D eigenvalue weighted by Crippen LogP contribution is -2.31. The Labute approximate surface area is 102 Å². The van der Waals surface area contributed by atoms with Gasteiger partial charge in [-0.2, -0.15) is 0 Å². The van der Waals surface area contributed by atoms with Gasteiger partial charge in [0, 0.05) is 12.1 Å². The first-order valence-electron chi connectivity index (χ1n) is 5.69. The van der Waals surface area contributed by atoms with Gasteiger partial charge in [-0.1, -0.05) is 12.7 Å². The number of ether oxygens (including phenoxy) is 2. The lowest BCUT2D eigenvalue weighted by Gasteiger charge is -2.18. The van der Waals surface area contributed by atoms with Gasteiger partial charge in [-0.15, -0.1) is 0 Å². The van der Waals surface area contributed by atoms with Gasteiger partial charge in [0.2, 0.25) is 0 Å². The zero-order valence-electron chi connectivity index (χ0n) is 10.1. The molecule has 0 spiro atoms. The van der Waals surface area contributed by atoms with Crippen LogP contribution in [0.25, 0.3) is 0 Å². The monoisotopic (exact) mass is 237 g/mol. The molecule has 1 atom stereocenters. The molecule has 1 rings (SSSR count). The van der Waals surface area contributed by atoms with Crippen molar-refractivity contribution in [3.8, 4) is 0 Å². The number of nitrogens with two attached hydrogens (primary N) is 1. The molecule has 4 nitrogen and oxygen atoms in total. The molecule has 0 saturated heterocycles. The van der Waals surface area contributed by atoms with E-state index >= 15 is 0 Å². The van der Waals surface area contributed by atoms with Crippen LogP contribution in [0.4, 0.5) is 0 Å². The Hall–Kier alpha value is -1.55. The molecule has 0 heterocycles. The fourth-order valence-corrected chi connectivity index (χ4v) is 1.29. The summed E-state index contributed by atoms with van der Waals surface area (Å²) in [5, 5.41) is 0. The summed E-state index contributed by atoms with van der Waals surface area (Å²) in [6.45, 7) is 5.62. The van der Waals surface area contributed by atoms with Gasteiger partial charge in [0.1, 0.15) is 18.5 Å². The Balaban J connectivity index is 2.36. The maximum Gasteiger partial charge on any atom is 0.333 e. The van der Waals surface area contributed by atoms with Crippen LogP contribution in [0.2, 0.25) is 0 Å². The Kier molecular flexibility index (Phi) is 5.49. The highest BCUT2D eigenvalue weighted by Gasteiger charge is 2.14. The number of carbonyl (C=O) groups is 1. The normalized spacial score (nSPS) is 16.0. The molecule has 1 aliphatic rings. The van der Waals surface area contributed by atoms with Crippen molar-refractivity contribution in [3.05, 3.63) is 36.1 Å². The Morgan fingerprint density at radius 2 is 2.35 bits per heavy atom. The Morgan fingerprint density at radius 3 is 2.88 bits per heavy atom. The predicted octanol–water partition coefficient (Wildman–Crippen LogP) is 1.68. The molecule has 1 aliphatic carbocycles. The van der Waals surface area contributed by atoms with Crippen LogP contribution in [0, 0.1) is 0 Å². The third-order valence-corrected chi connectivity index (χ3v) is 2.28. The van der Waals surface area contributed by atoms with Gasteiger partial charge in [0.05, 0.1) is 0 Å². The van der Waals surface area contributed by atoms with Gasteiger partial charge in [0.25, 0.3) is 0 Å². The summed E-state index contributed by atoms with van der Waals surface area (Å²) >= 11 is 0. The molecule has 0 bridgehead atoms. The number of allylic oxidation sites excluding steroid dienone is 3. The zero-order chi connectivity index (χ0) is 12.7. The molecule has 0 fully saturated rings. The van der Waals surface area contributed by atoms with Crippen LogP contribution < -0.4 is 5.73 Å². The first kappa shape index (κ1) is 13.5. The maximum absolute atomic E-state index is 11.3. The number of rotatable bonds is 6. The third-order valence-electron chi connectivity index (χ3n) is 2.28. The van der Waals surface area contributed by atoms with E-state index in [0.717, 1.165) is 18.6 Å². The number of carbonyl (C=O) groups excluding carboxylic acids is 1. The van der Waals surface area contributed by atoms with E-state index in [-0.39, 0.29) is 13.2 Å². The molecule has 0 aromatic rings. The van der Waals surface area contributed by atoms with E-state index in [0.29, 0.717) is 5.57 Å². The Morgan fingerprint density at radius 1 is 1.59 bits per heavy atom. The van der Waals surface area contributed by atoms with Crippen molar-refractivity contribution in [1.82, 2.24) is 0 Å². The average molecular weight is 237 g/mol. The van der Waals surface area contributed by atoms with Gasteiger partial charge in [0.15, 0.2) is 0 Å². The SMILES string of the molecule is C=C(C)C(=O)OC(CN)COC1=CCCC=C1. The number of hydrogen-bond acceptors (Lipinski definition) is 4. The minimum Gasteiger partial charge on any atom is -0.490 e. The second-order valence-corrected chi connectivity index (χ2v) is 3.94. The summed E-state index contributed by atoms with van der Waals surface area (Å²) < 4.78 is 10.6. The largest absolute Gasteiger partial charge is 0.490 e. The second kappa shape index (κ2) is 6.91. The molecule has 17 heavy (non-hydrogen) atoms.